The monoisotopic (exact) mass is 235 g/mol. The van der Waals surface area contributed by atoms with Gasteiger partial charge < -0.3 is 14.3 Å². The Hall–Kier alpha value is -1.04. The number of hydrogen-bond donors (Lipinski definition) is 1. The summed E-state index contributed by atoms with van der Waals surface area (Å²) in [7, 11) is 0. The van der Waals surface area contributed by atoms with Gasteiger partial charge in [0.1, 0.15) is 0 Å². The largest absolute Gasteiger partial charge is 0.474 e. The van der Waals surface area contributed by atoms with Crippen molar-refractivity contribution in [2.75, 3.05) is 6.61 Å². The molecule has 0 aromatic carbocycles. The molecule has 0 unspecified atom stereocenters. The van der Waals surface area contributed by atoms with E-state index in [1.807, 2.05) is 0 Å². The number of oxazole rings is 1. The van der Waals surface area contributed by atoms with E-state index in [-0.39, 0.29) is 16.4 Å². The Labute approximate surface area is 76.5 Å². The molecule has 6 heteroatoms. The molecule has 0 aliphatic rings. The molecule has 0 amide bonds. The van der Waals surface area contributed by atoms with E-state index in [2.05, 4.69) is 20.9 Å². The van der Waals surface area contributed by atoms with Crippen molar-refractivity contribution in [1.82, 2.24) is 4.98 Å². The lowest BCUT2D eigenvalue weighted by atomic mass is 10.7. The van der Waals surface area contributed by atoms with Crippen LogP contribution in [0.5, 0.6) is 5.95 Å². The van der Waals surface area contributed by atoms with Crippen molar-refractivity contribution in [3.8, 4) is 5.95 Å². The first-order chi connectivity index (χ1) is 5.65. The maximum absolute atomic E-state index is 10.3. The van der Waals surface area contributed by atoms with Gasteiger partial charge in [-0.2, -0.15) is 4.98 Å². The zero-order chi connectivity index (χ0) is 9.14. The van der Waals surface area contributed by atoms with Crippen LogP contribution < -0.4 is 4.74 Å². The van der Waals surface area contributed by atoms with E-state index in [4.69, 9.17) is 14.3 Å². The average molecular weight is 236 g/mol. The Bertz CT molecular complexity index is 296. The van der Waals surface area contributed by atoms with Crippen molar-refractivity contribution in [3.05, 3.63) is 10.5 Å². The van der Waals surface area contributed by atoms with E-state index in [9.17, 15) is 4.79 Å². The number of carboxylic acids is 1. The fourth-order valence-electron chi connectivity index (χ4n) is 0.599. The quantitative estimate of drug-likeness (QED) is 0.861. The third-order valence-electron chi connectivity index (χ3n) is 1.02. The molecule has 0 radical (unpaired) electrons. The SMILES string of the molecule is CCOc1oc(C(=O)O)nc1Br. The van der Waals surface area contributed by atoms with Crippen molar-refractivity contribution < 1.29 is 19.1 Å². The lowest BCUT2D eigenvalue weighted by Crippen LogP contribution is -1.95. The van der Waals surface area contributed by atoms with Crippen LogP contribution in [0.1, 0.15) is 17.6 Å². The molecular weight excluding hydrogens is 230 g/mol. The maximum Gasteiger partial charge on any atom is 0.392 e. The molecule has 1 N–H and O–H groups in total. The molecular formula is C6H6BrNO4. The Morgan fingerprint density at radius 1 is 1.83 bits per heavy atom. The first kappa shape index (κ1) is 9.05. The van der Waals surface area contributed by atoms with Crippen LogP contribution in [0.4, 0.5) is 0 Å². The highest BCUT2D eigenvalue weighted by Gasteiger charge is 2.16. The van der Waals surface area contributed by atoms with Crippen LogP contribution in [-0.2, 0) is 0 Å². The highest BCUT2D eigenvalue weighted by atomic mass is 79.9. The average Bonchev–Trinajstić information content (AvgIpc) is 2.34. The Balaban J connectivity index is 2.92. The third-order valence-corrected chi connectivity index (χ3v) is 1.52. The van der Waals surface area contributed by atoms with Gasteiger partial charge in [-0.3, -0.25) is 0 Å². The van der Waals surface area contributed by atoms with Crippen molar-refractivity contribution in [1.29, 1.82) is 0 Å². The highest BCUT2D eigenvalue weighted by Crippen LogP contribution is 2.25. The molecule has 1 aromatic rings. The minimum atomic E-state index is -1.22. The fourth-order valence-corrected chi connectivity index (χ4v) is 0.956. The summed E-state index contributed by atoms with van der Waals surface area (Å²) in [6.45, 7) is 2.16. The fraction of sp³-hybridized carbons (Fsp3) is 0.333. The smallest absolute Gasteiger partial charge is 0.392 e. The van der Waals surface area contributed by atoms with Gasteiger partial charge in [-0.05, 0) is 22.9 Å². The van der Waals surface area contributed by atoms with Crippen LogP contribution in [0.2, 0.25) is 0 Å². The van der Waals surface area contributed by atoms with Gasteiger partial charge in [0, 0.05) is 0 Å². The molecule has 0 spiro atoms. The van der Waals surface area contributed by atoms with E-state index in [0.29, 0.717) is 6.61 Å². The summed E-state index contributed by atoms with van der Waals surface area (Å²) < 4.78 is 9.93. The van der Waals surface area contributed by atoms with E-state index >= 15 is 0 Å². The van der Waals surface area contributed by atoms with Crippen LogP contribution in [0.15, 0.2) is 9.02 Å². The summed E-state index contributed by atoms with van der Waals surface area (Å²) >= 11 is 2.99. The summed E-state index contributed by atoms with van der Waals surface area (Å²) in [4.78, 5) is 13.9. The second-order valence-electron chi connectivity index (χ2n) is 1.84. The second-order valence-corrected chi connectivity index (χ2v) is 2.59. The van der Waals surface area contributed by atoms with Gasteiger partial charge in [0.15, 0.2) is 4.60 Å². The molecule has 1 aromatic heterocycles. The molecule has 1 rings (SSSR count). The molecule has 1 heterocycles. The molecule has 0 fully saturated rings. The molecule has 0 aliphatic carbocycles. The molecule has 5 nitrogen and oxygen atoms in total. The van der Waals surface area contributed by atoms with Crippen LogP contribution >= 0.6 is 15.9 Å². The van der Waals surface area contributed by atoms with Gasteiger partial charge in [-0.25, -0.2) is 4.79 Å². The standard InChI is InChI=1S/C6H6BrNO4/c1-2-11-6-3(7)8-4(12-6)5(9)10/h2H2,1H3,(H,9,10). The lowest BCUT2D eigenvalue weighted by Gasteiger charge is -1.94. The zero-order valence-electron chi connectivity index (χ0n) is 6.20. The van der Waals surface area contributed by atoms with Crippen molar-refractivity contribution in [2.45, 2.75) is 6.92 Å². The van der Waals surface area contributed by atoms with Gasteiger partial charge in [0.25, 0.3) is 0 Å². The van der Waals surface area contributed by atoms with Gasteiger partial charge in [-0.1, -0.05) is 0 Å². The van der Waals surface area contributed by atoms with Crippen molar-refractivity contribution in [2.24, 2.45) is 0 Å². The number of aromatic carboxylic acids is 1. The molecule has 0 aliphatic heterocycles. The number of hydrogen-bond acceptors (Lipinski definition) is 4. The maximum atomic E-state index is 10.3. The zero-order valence-corrected chi connectivity index (χ0v) is 7.79. The first-order valence-electron chi connectivity index (χ1n) is 3.17. The number of ether oxygens (including phenoxy) is 1. The summed E-state index contributed by atoms with van der Waals surface area (Å²) in [5, 5.41) is 8.46. The van der Waals surface area contributed by atoms with Gasteiger partial charge in [-0.15, -0.1) is 0 Å². The minimum absolute atomic E-state index is 0.0925. The second kappa shape index (κ2) is 3.57. The molecule has 0 saturated carbocycles. The predicted molar refractivity (Wildman–Crippen MR) is 42.3 cm³/mol. The number of nitrogens with zero attached hydrogens (tertiary/aromatic N) is 1. The van der Waals surface area contributed by atoms with E-state index in [0.717, 1.165) is 0 Å². The molecule has 0 saturated heterocycles. The van der Waals surface area contributed by atoms with Crippen molar-refractivity contribution in [3.63, 3.8) is 0 Å². The summed E-state index contributed by atoms with van der Waals surface area (Å²) in [5.74, 6) is -1.51. The number of halogens is 1. The summed E-state index contributed by atoms with van der Waals surface area (Å²) in [6, 6.07) is 0. The van der Waals surface area contributed by atoms with E-state index < -0.39 is 5.97 Å². The number of aromatic nitrogens is 1. The topological polar surface area (TPSA) is 72.6 Å². The molecule has 66 valence electrons. The number of carbonyl (C=O) groups is 1. The van der Waals surface area contributed by atoms with Crippen LogP contribution in [0.3, 0.4) is 0 Å². The Kier molecular flexibility index (Phi) is 2.69. The summed E-state index contributed by atoms with van der Waals surface area (Å²) in [5.41, 5.74) is 0. The number of carboxylic acid groups (broad SMARTS) is 1. The van der Waals surface area contributed by atoms with E-state index in [1.54, 1.807) is 6.92 Å². The first-order valence-corrected chi connectivity index (χ1v) is 3.97. The number of rotatable bonds is 3. The minimum Gasteiger partial charge on any atom is -0.474 e. The van der Waals surface area contributed by atoms with Gasteiger partial charge in [0.05, 0.1) is 6.61 Å². The Morgan fingerprint density at radius 3 is 2.92 bits per heavy atom. The van der Waals surface area contributed by atoms with Crippen LogP contribution in [-0.4, -0.2) is 22.7 Å². The third kappa shape index (κ3) is 1.76. The normalized spacial score (nSPS) is 9.83. The molecule has 0 bridgehead atoms. The van der Waals surface area contributed by atoms with Gasteiger partial charge in [0.2, 0.25) is 0 Å². The highest BCUT2D eigenvalue weighted by molar-refractivity contribution is 9.10. The lowest BCUT2D eigenvalue weighted by molar-refractivity contribution is 0.0645. The molecule has 0 atom stereocenters. The summed E-state index contributed by atoms with van der Waals surface area (Å²) in [6.07, 6.45) is 0. The predicted octanol–water partition coefficient (Wildman–Crippen LogP) is 1.53. The van der Waals surface area contributed by atoms with Crippen molar-refractivity contribution >= 4 is 21.9 Å². The molecule has 12 heavy (non-hydrogen) atoms. The van der Waals surface area contributed by atoms with Crippen LogP contribution in [0.25, 0.3) is 0 Å². The van der Waals surface area contributed by atoms with Crippen LogP contribution in [0, 0.1) is 0 Å². The van der Waals surface area contributed by atoms with Gasteiger partial charge >= 0.3 is 17.8 Å². The van der Waals surface area contributed by atoms with E-state index in [1.165, 1.54) is 0 Å². The Morgan fingerprint density at radius 2 is 2.50 bits per heavy atom.